The summed E-state index contributed by atoms with van der Waals surface area (Å²) in [7, 11) is 3.11. The van der Waals surface area contributed by atoms with Gasteiger partial charge in [-0.15, -0.1) is 11.8 Å². The van der Waals surface area contributed by atoms with Crippen LogP contribution in [0, 0.1) is 0 Å². The number of rotatable bonds is 4. The van der Waals surface area contributed by atoms with Gasteiger partial charge in [0.2, 0.25) is 5.91 Å². The van der Waals surface area contributed by atoms with E-state index in [1.54, 1.807) is 24.1 Å². The Morgan fingerprint density at radius 2 is 1.87 bits per heavy atom. The molecular formula is C17H17NO4S. The molecule has 0 aromatic heterocycles. The molecule has 1 saturated heterocycles. The molecule has 3 rings (SSSR count). The number of hydrogen-bond donors (Lipinski definition) is 1. The Balaban J connectivity index is 1.94. The molecule has 1 heterocycles. The second-order valence-corrected chi connectivity index (χ2v) is 6.12. The van der Waals surface area contributed by atoms with Crippen LogP contribution in [0.3, 0.4) is 0 Å². The van der Waals surface area contributed by atoms with E-state index >= 15 is 0 Å². The van der Waals surface area contributed by atoms with Gasteiger partial charge < -0.3 is 14.6 Å². The van der Waals surface area contributed by atoms with Gasteiger partial charge in [-0.3, -0.25) is 9.69 Å². The number of hydrogen-bond acceptors (Lipinski definition) is 5. The molecule has 1 aliphatic heterocycles. The maximum atomic E-state index is 12.3. The van der Waals surface area contributed by atoms with Crippen LogP contribution in [0.25, 0.3) is 0 Å². The maximum Gasteiger partial charge on any atom is 0.238 e. The minimum Gasteiger partial charge on any atom is -0.504 e. The molecule has 0 aliphatic carbocycles. The van der Waals surface area contributed by atoms with E-state index in [-0.39, 0.29) is 17.0 Å². The van der Waals surface area contributed by atoms with Crippen LogP contribution in [0.2, 0.25) is 0 Å². The van der Waals surface area contributed by atoms with E-state index in [1.165, 1.54) is 18.9 Å². The average Bonchev–Trinajstić information content (AvgIpc) is 2.96. The van der Waals surface area contributed by atoms with E-state index in [0.717, 1.165) is 17.0 Å². The molecule has 0 spiro atoms. The van der Waals surface area contributed by atoms with Crippen molar-refractivity contribution in [2.45, 2.75) is 5.37 Å². The minimum absolute atomic E-state index is 0.0421. The summed E-state index contributed by atoms with van der Waals surface area (Å²) in [5.74, 6) is 1.68. The summed E-state index contributed by atoms with van der Waals surface area (Å²) in [5.41, 5.74) is 1.66. The van der Waals surface area contributed by atoms with Gasteiger partial charge in [0.1, 0.15) is 11.1 Å². The summed E-state index contributed by atoms with van der Waals surface area (Å²) in [5, 5.41) is 9.82. The van der Waals surface area contributed by atoms with Gasteiger partial charge in [-0.05, 0) is 42.0 Å². The van der Waals surface area contributed by atoms with Gasteiger partial charge in [-0.2, -0.15) is 0 Å². The van der Waals surface area contributed by atoms with E-state index < -0.39 is 0 Å². The molecule has 120 valence electrons. The van der Waals surface area contributed by atoms with E-state index in [1.807, 2.05) is 30.3 Å². The highest BCUT2D eigenvalue weighted by molar-refractivity contribution is 8.00. The van der Waals surface area contributed by atoms with Gasteiger partial charge in [-0.25, -0.2) is 0 Å². The molecule has 2 aromatic carbocycles. The zero-order chi connectivity index (χ0) is 16.4. The third kappa shape index (κ3) is 2.94. The molecule has 1 fully saturated rings. The maximum absolute atomic E-state index is 12.3. The second kappa shape index (κ2) is 6.42. The van der Waals surface area contributed by atoms with E-state index in [2.05, 4.69) is 0 Å². The molecule has 2 aromatic rings. The third-order valence-corrected chi connectivity index (χ3v) is 4.92. The molecule has 0 bridgehead atoms. The number of phenols is 1. The quantitative estimate of drug-likeness (QED) is 0.932. The molecule has 5 nitrogen and oxygen atoms in total. The Kier molecular flexibility index (Phi) is 4.34. The van der Waals surface area contributed by atoms with Crippen LogP contribution in [0.15, 0.2) is 42.5 Å². The topological polar surface area (TPSA) is 59.0 Å². The summed E-state index contributed by atoms with van der Waals surface area (Å²) in [6, 6.07) is 12.6. The standard InChI is InChI=1S/C17H17NO4S/c1-21-13-6-4-12(5-7-13)18-16(20)10-23-17(18)11-3-8-15(22-2)14(19)9-11/h3-9,17,19H,10H2,1-2H3. The number of ether oxygens (including phenoxy) is 2. The highest BCUT2D eigenvalue weighted by atomic mass is 32.2. The first kappa shape index (κ1) is 15.6. The molecule has 1 aliphatic rings. The van der Waals surface area contributed by atoms with Gasteiger partial charge in [0.25, 0.3) is 0 Å². The molecule has 1 N–H and O–H groups in total. The Labute approximate surface area is 138 Å². The van der Waals surface area contributed by atoms with Crippen molar-refractivity contribution in [3.05, 3.63) is 48.0 Å². The van der Waals surface area contributed by atoms with Crippen LogP contribution in [0.1, 0.15) is 10.9 Å². The fourth-order valence-electron chi connectivity index (χ4n) is 2.55. The van der Waals surface area contributed by atoms with Crippen molar-refractivity contribution < 1.29 is 19.4 Å². The number of phenolic OH excluding ortho intramolecular Hbond substituents is 1. The van der Waals surface area contributed by atoms with Crippen LogP contribution in [-0.4, -0.2) is 31.0 Å². The van der Waals surface area contributed by atoms with E-state index in [0.29, 0.717) is 11.5 Å². The highest BCUT2D eigenvalue weighted by Gasteiger charge is 2.34. The second-order valence-electron chi connectivity index (χ2n) is 5.06. The number of carbonyl (C=O) groups excluding carboxylic acids is 1. The molecule has 1 amide bonds. The van der Waals surface area contributed by atoms with Crippen molar-refractivity contribution >= 4 is 23.4 Å². The van der Waals surface area contributed by atoms with Crippen molar-refractivity contribution in [3.63, 3.8) is 0 Å². The van der Waals surface area contributed by atoms with Gasteiger partial charge in [0.05, 0.1) is 20.0 Å². The lowest BCUT2D eigenvalue weighted by Crippen LogP contribution is -2.27. The van der Waals surface area contributed by atoms with Crippen LogP contribution in [-0.2, 0) is 4.79 Å². The summed E-state index contributed by atoms with van der Waals surface area (Å²) in [6.45, 7) is 0. The van der Waals surface area contributed by atoms with E-state index in [4.69, 9.17) is 9.47 Å². The summed E-state index contributed by atoms with van der Waals surface area (Å²) in [4.78, 5) is 14.0. The van der Waals surface area contributed by atoms with Crippen molar-refractivity contribution in [2.24, 2.45) is 0 Å². The number of aromatic hydroxyl groups is 1. The largest absolute Gasteiger partial charge is 0.504 e. The fourth-order valence-corrected chi connectivity index (χ4v) is 3.72. The molecule has 1 unspecified atom stereocenters. The third-order valence-electron chi connectivity index (χ3n) is 3.71. The SMILES string of the molecule is COc1ccc(N2C(=O)CSC2c2ccc(OC)c(O)c2)cc1. The Morgan fingerprint density at radius 3 is 2.48 bits per heavy atom. The van der Waals surface area contributed by atoms with Crippen LogP contribution < -0.4 is 14.4 Å². The van der Waals surface area contributed by atoms with Crippen molar-refractivity contribution in [1.29, 1.82) is 0 Å². The van der Waals surface area contributed by atoms with Gasteiger partial charge in [0, 0.05) is 5.69 Å². The Morgan fingerprint density at radius 1 is 1.13 bits per heavy atom. The Bertz CT molecular complexity index is 717. The van der Waals surface area contributed by atoms with Gasteiger partial charge >= 0.3 is 0 Å². The monoisotopic (exact) mass is 331 g/mol. The first-order valence-corrected chi connectivity index (χ1v) is 8.13. The number of amides is 1. The average molecular weight is 331 g/mol. The lowest BCUT2D eigenvalue weighted by molar-refractivity contribution is -0.115. The molecular weight excluding hydrogens is 314 g/mol. The predicted octanol–water partition coefficient (Wildman–Crippen LogP) is 3.19. The normalized spacial score (nSPS) is 17.4. The number of benzene rings is 2. The predicted molar refractivity (Wildman–Crippen MR) is 90.3 cm³/mol. The number of nitrogens with zero attached hydrogens (tertiary/aromatic N) is 1. The molecule has 0 radical (unpaired) electrons. The number of methoxy groups -OCH3 is 2. The highest BCUT2D eigenvalue weighted by Crippen LogP contribution is 2.43. The summed E-state index contributed by atoms with van der Waals surface area (Å²) in [6.07, 6.45) is 0. The number of anilines is 1. The lowest BCUT2D eigenvalue weighted by atomic mass is 10.1. The smallest absolute Gasteiger partial charge is 0.238 e. The zero-order valence-electron chi connectivity index (χ0n) is 12.9. The van der Waals surface area contributed by atoms with Crippen molar-refractivity contribution in [2.75, 3.05) is 24.9 Å². The first-order valence-electron chi connectivity index (χ1n) is 7.08. The fraction of sp³-hybridized carbons (Fsp3) is 0.235. The first-order chi connectivity index (χ1) is 11.1. The number of thioether (sulfide) groups is 1. The molecule has 1 atom stereocenters. The van der Waals surface area contributed by atoms with Crippen LogP contribution in [0.4, 0.5) is 5.69 Å². The summed E-state index contributed by atoms with van der Waals surface area (Å²) < 4.78 is 10.2. The minimum atomic E-state index is -0.173. The Hall–Kier alpha value is -2.34. The van der Waals surface area contributed by atoms with Crippen molar-refractivity contribution in [1.82, 2.24) is 0 Å². The summed E-state index contributed by atoms with van der Waals surface area (Å²) >= 11 is 1.53. The van der Waals surface area contributed by atoms with Gasteiger partial charge in [0.15, 0.2) is 11.5 Å². The molecule has 23 heavy (non-hydrogen) atoms. The van der Waals surface area contributed by atoms with Crippen LogP contribution >= 0.6 is 11.8 Å². The zero-order valence-corrected chi connectivity index (χ0v) is 13.7. The van der Waals surface area contributed by atoms with Crippen molar-refractivity contribution in [3.8, 4) is 17.2 Å². The van der Waals surface area contributed by atoms with E-state index in [9.17, 15) is 9.90 Å². The molecule has 0 saturated carbocycles. The number of carbonyl (C=O) groups is 1. The molecule has 6 heteroatoms. The van der Waals surface area contributed by atoms with Gasteiger partial charge in [-0.1, -0.05) is 6.07 Å². The van der Waals surface area contributed by atoms with Crippen LogP contribution in [0.5, 0.6) is 17.2 Å². The lowest BCUT2D eigenvalue weighted by Gasteiger charge is -2.24.